The molecule has 0 heterocycles. The van der Waals surface area contributed by atoms with Crippen LogP contribution < -0.4 is 5.32 Å². The van der Waals surface area contributed by atoms with E-state index >= 15 is 0 Å². The molecule has 0 bridgehead atoms. The Morgan fingerprint density at radius 2 is 1.56 bits per heavy atom. The lowest BCUT2D eigenvalue weighted by molar-refractivity contribution is 0.102. The number of phenolic OH excluding ortho intramolecular Hbond substituents is 1. The summed E-state index contributed by atoms with van der Waals surface area (Å²) in [5.41, 5.74) is 0.967. The smallest absolute Gasteiger partial charge is 0.259 e. The van der Waals surface area contributed by atoms with Gasteiger partial charge in [-0.3, -0.25) is 4.79 Å². The molecule has 0 spiro atoms. The highest BCUT2D eigenvalue weighted by Gasteiger charge is 2.15. The number of hydrogen-bond acceptors (Lipinski definition) is 3. The lowest BCUT2D eigenvalue weighted by Gasteiger charge is -2.09. The van der Waals surface area contributed by atoms with Crippen LogP contribution in [0.2, 0.25) is 0 Å². The summed E-state index contributed by atoms with van der Waals surface area (Å²) in [4.78, 5) is 14.7. The van der Waals surface area contributed by atoms with Crippen molar-refractivity contribution in [2.24, 2.45) is 0 Å². The van der Waals surface area contributed by atoms with E-state index in [0.29, 0.717) is 9.26 Å². The van der Waals surface area contributed by atoms with Gasteiger partial charge in [0.25, 0.3) is 5.91 Å². The van der Waals surface area contributed by atoms with Crippen molar-refractivity contribution in [1.82, 2.24) is 0 Å². The molecule has 3 aromatic rings. The maximum Gasteiger partial charge on any atom is 0.259 e. The van der Waals surface area contributed by atoms with E-state index < -0.39 is 0 Å². The van der Waals surface area contributed by atoms with Crippen LogP contribution in [-0.2, 0) is 0 Å². The average molecular weight is 573 g/mol. The first-order chi connectivity index (χ1) is 12.0. The second kappa shape index (κ2) is 8.41. The van der Waals surface area contributed by atoms with E-state index in [1.165, 1.54) is 0 Å². The Hall–Kier alpha value is -1.26. The normalized spacial score (nSPS) is 10.5. The van der Waals surface area contributed by atoms with E-state index in [4.69, 9.17) is 0 Å². The molecule has 25 heavy (non-hydrogen) atoms. The third kappa shape index (κ3) is 4.89. The van der Waals surface area contributed by atoms with Crippen LogP contribution in [0.4, 0.5) is 5.69 Å². The van der Waals surface area contributed by atoms with E-state index in [0.717, 1.165) is 13.4 Å². The molecule has 0 saturated heterocycles. The fourth-order valence-corrected chi connectivity index (χ4v) is 4.85. The third-order valence-electron chi connectivity index (χ3n) is 3.36. The summed E-state index contributed by atoms with van der Waals surface area (Å²) in [7, 11) is 0. The molecule has 0 fully saturated rings. The first-order valence-electron chi connectivity index (χ1n) is 7.35. The van der Waals surface area contributed by atoms with Gasteiger partial charge in [0.05, 0.1) is 9.13 Å². The molecule has 0 aliphatic heterocycles. The molecule has 0 unspecified atom stereocenters. The Bertz CT molecular complexity index is 899. The van der Waals surface area contributed by atoms with Gasteiger partial charge in [-0.1, -0.05) is 30.0 Å². The second-order valence-electron chi connectivity index (χ2n) is 5.18. The molecule has 126 valence electrons. The van der Waals surface area contributed by atoms with Crippen LogP contribution in [0.15, 0.2) is 76.5 Å². The predicted octanol–water partition coefficient (Wildman–Crippen LogP) is 6.00. The second-order valence-corrected chi connectivity index (χ2v) is 8.73. The Morgan fingerprint density at radius 3 is 2.24 bits per heavy atom. The van der Waals surface area contributed by atoms with Crippen molar-refractivity contribution in [3.63, 3.8) is 0 Å². The monoisotopic (exact) mass is 573 g/mol. The summed E-state index contributed by atoms with van der Waals surface area (Å²) in [6, 6.07) is 21.3. The molecule has 1 amide bonds. The molecule has 0 atom stereocenters. The molecule has 2 N–H and O–H groups in total. The highest BCUT2D eigenvalue weighted by Crippen LogP contribution is 2.30. The van der Waals surface area contributed by atoms with Crippen molar-refractivity contribution in [3.05, 3.63) is 79.4 Å². The van der Waals surface area contributed by atoms with Crippen LogP contribution in [0.25, 0.3) is 0 Å². The van der Waals surface area contributed by atoms with Gasteiger partial charge in [-0.25, -0.2) is 0 Å². The Morgan fingerprint density at radius 1 is 0.920 bits per heavy atom. The first kappa shape index (κ1) is 18.5. The van der Waals surface area contributed by atoms with Crippen LogP contribution >= 0.6 is 56.9 Å². The number of anilines is 1. The number of rotatable bonds is 4. The van der Waals surface area contributed by atoms with Crippen LogP contribution in [0.1, 0.15) is 10.4 Å². The van der Waals surface area contributed by atoms with Gasteiger partial charge in [0.15, 0.2) is 0 Å². The number of phenols is 1. The highest BCUT2D eigenvalue weighted by atomic mass is 127. The van der Waals surface area contributed by atoms with Gasteiger partial charge in [-0.15, -0.1) is 0 Å². The Balaban J connectivity index is 1.72. The van der Waals surface area contributed by atoms with Crippen LogP contribution in [0.5, 0.6) is 5.75 Å². The molecule has 3 aromatic carbocycles. The lowest BCUT2D eigenvalue weighted by atomic mass is 10.2. The molecule has 6 heteroatoms. The molecule has 0 aromatic heterocycles. The number of halogens is 2. The first-order valence-corrected chi connectivity index (χ1v) is 10.3. The Labute approximate surface area is 177 Å². The highest BCUT2D eigenvalue weighted by molar-refractivity contribution is 14.1. The number of benzene rings is 3. The minimum absolute atomic E-state index is 0.00905. The van der Waals surface area contributed by atoms with Crippen LogP contribution in [0, 0.1) is 7.14 Å². The average Bonchev–Trinajstić information content (AvgIpc) is 2.60. The lowest BCUT2D eigenvalue weighted by Crippen LogP contribution is -2.12. The molecule has 3 nitrogen and oxygen atoms in total. The zero-order valence-corrected chi connectivity index (χ0v) is 18.0. The van der Waals surface area contributed by atoms with Gasteiger partial charge in [0, 0.05) is 19.0 Å². The van der Waals surface area contributed by atoms with Crippen LogP contribution in [-0.4, -0.2) is 11.0 Å². The number of amides is 1. The summed E-state index contributed by atoms with van der Waals surface area (Å²) in [5, 5.41) is 12.9. The van der Waals surface area contributed by atoms with Crippen molar-refractivity contribution in [2.45, 2.75) is 9.79 Å². The van der Waals surface area contributed by atoms with Gasteiger partial charge >= 0.3 is 0 Å². The standard InChI is InChI=1S/C19H13I2NO2S/c20-12-10-16(18(23)17(21)11-12)19(24)22-13-6-8-15(9-7-13)25-14-4-2-1-3-5-14/h1-11,23H,(H,22,24). The minimum Gasteiger partial charge on any atom is -0.506 e. The summed E-state index contributed by atoms with van der Waals surface area (Å²) < 4.78 is 1.56. The fraction of sp³-hybridized carbons (Fsp3) is 0. The largest absolute Gasteiger partial charge is 0.506 e. The predicted molar refractivity (Wildman–Crippen MR) is 119 cm³/mol. The van der Waals surface area contributed by atoms with E-state index in [1.54, 1.807) is 17.8 Å². The van der Waals surface area contributed by atoms with E-state index in [1.807, 2.05) is 71.1 Å². The van der Waals surface area contributed by atoms with Crippen molar-refractivity contribution >= 4 is 68.5 Å². The summed E-state index contributed by atoms with van der Waals surface area (Å²) in [5.74, 6) is -0.313. The summed E-state index contributed by atoms with van der Waals surface area (Å²) in [6.07, 6.45) is 0. The molecular formula is C19H13I2NO2S. The van der Waals surface area contributed by atoms with E-state index in [2.05, 4.69) is 40.0 Å². The van der Waals surface area contributed by atoms with Crippen molar-refractivity contribution < 1.29 is 9.90 Å². The number of hydrogen-bond donors (Lipinski definition) is 2. The third-order valence-corrected chi connectivity index (χ3v) is 5.82. The maximum atomic E-state index is 12.4. The van der Waals surface area contributed by atoms with Crippen molar-refractivity contribution in [1.29, 1.82) is 0 Å². The van der Waals surface area contributed by atoms with Crippen LogP contribution in [0.3, 0.4) is 0 Å². The minimum atomic E-state index is -0.322. The molecule has 0 saturated carbocycles. The zero-order valence-electron chi connectivity index (χ0n) is 12.9. The van der Waals surface area contributed by atoms with Crippen molar-refractivity contribution in [3.8, 4) is 5.75 Å². The van der Waals surface area contributed by atoms with Crippen molar-refractivity contribution in [2.75, 3.05) is 5.32 Å². The van der Waals surface area contributed by atoms with E-state index in [-0.39, 0.29) is 17.2 Å². The van der Waals surface area contributed by atoms with Gasteiger partial charge in [-0.2, -0.15) is 0 Å². The zero-order chi connectivity index (χ0) is 17.8. The maximum absolute atomic E-state index is 12.4. The number of carbonyl (C=O) groups excluding carboxylic acids is 1. The quantitative estimate of drug-likeness (QED) is 0.377. The van der Waals surface area contributed by atoms with Gasteiger partial charge < -0.3 is 10.4 Å². The van der Waals surface area contributed by atoms with E-state index in [9.17, 15) is 9.90 Å². The number of nitrogens with one attached hydrogen (secondary N) is 1. The summed E-state index contributed by atoms with van der Waals surface area (Å²) in [6.45, 7) is 0. The van der Waals surface area contributed by atoms with Gasteiger partial charge in [-0.05, 0) is 93.7 Å². The molecule has 0 aliphatic carbocycles. The Kier molecular flexibility index (Phi) is 6.24. The fourth-order valence-electron chi connectivity index (χ4n) is 2.17. The number of carbonyl (C=O) groups is 1. The molecule has 0 radical (unpaired) electrons. The number of aromatic hydroxyl groups is 1. The SMILES string of the molecule is O=C(Nc1ccc(Sc2ccccc2)cc1)c1cc(I)cc(I)c1O. The molecule has 0 aliphatic rings. The summed E-state index contributed by atoms with van der Waals surface area (Å²) >= 11 is 5.81. The van der Waals surface area contributed by atoms with Gasteiger partial charge in [0.1, 0.15) is 5.75 Å². The van der Waals surface area contributed by atoms with Gasteiger partial charge in [0.2, 0.25) is 0 Å². The topological polar surface area (TPSA) is 49.3 Å². The molecule has 3 rings (SSSR count). The molecular weight excluding hydrogens is 560 g/mol.